The third-order valence-corrected chi connectivity index (χ3v) is 7.44. The fraction of sp³-hybridized carbons (Fsp3) is 0.207. The number of anilines is 1. The summed E-state index contributed by atoms with van der Waals surface area (Å²) in [6, 6.07) is 30.9. The number of pyridine rings is 1. The molecule has 36 heavy (non-hydrogen) atoms. The minimum Gasteiger partial charge on any atom is -0.618 e. The Labute approximate surface area is 214 Å². The van der Waals surface area contributed by atoms with E-state index in [1.54, 1.807) is 6.07 Å². The molecule has 0 saturated carbocycles. The summed E-state index contributed by atoms with van der Waals surface area (Å²) in [6.45, 7) is -0.0194. The molecule has 1 aromatic heterocycles. The number of aliphatic hydroxyl groups excluding tert-OH is 1. The largest absolute Gasteiger partial charge is 0.618 e. The second kappa shape index (κ2) is 11.1. The van der Waals surface area contributed by atoms with Gasteiger partial charge in [-0.2, -0.15) is 4.73 Å². The molecule has 7 heteroatoms. The van der Waals surface area contributed by atoms with Gasteiger partial charge in [-0.05, 0) is 34.9 Å². The van der Waals surface area contributed by atoms with Crippen LogP contribution in [0.2, 0.25) is 0 Å². The molecule has 0 spiro atoms. The second-order valence-corrected chi connectivity index (χ2v) is 9.79. The molecule has 6 nitrogen and oxygen atoms in total. The smallest absolute Gasteiger partial charge is 0.251 e. The van der Waals surface area contributed by atoms with E-state index in [1.807, 2.05) is 78.9 Å². The lowest BCUT2D eigenvalue weighted by Gasteiger charge is -2.43. The highest BCUT2D eigenvalue weighted by Crippen LogP contribution is 2.48. The van der Waals surface area contributed by atoms with Gasteiger partial charge < -0.3 is 25.5 Å². The summed E-state index contributed by atoms with van der Waals surface area (Å²) in [6.07, 6.45) is 0.293. The number of aromatic nitrogens is 1. The summed E-state index contributed by atoms with van der Waals surface area (Å²) < 4.78 is 14.1. The topological polar surface area (TPSA) is 91.7 Å². The molecule has 3 aromatic carbocycles. The number of ether oxygens (including phenoxy) is 2. The molecule has 5 rings (SSSR count). The van der Waals surface area contributed by atoms with Crippen molar-refractivity contribution in [1.82, 2.24) is 0 Å². The van der Waals surface area contributed by atoms with Gasteiger partial charge in [0.15, 0.2) is 12.5 Å². The van der Waals surface area contributed by atoms with E-state index in [0.29, 0.717) is 16.5 Å². The van der Waals surface area contributed by atoms with Gasteiger partial charge in [-0.15, -0.1) is 0 Å². The maximum atomic E-state index is 12.3. The predicted molar refractivity (Wildman–Crippen MR) is 140 cm³/mol. The second-order valence-electron chi connectivity index (χ2n) is 8.75. The van der Waals surface area contributed by atoms with Crippen LogP contribution in [0.15, 0.2) is 108 Å². The van der Waals surface area contributed by atoms with Crippen LogP contribution >= 0.6 is 11.8 Å². The molecule has 0 aliphatic carbocycles. The summed E-state index contributed by atoms with van der Waals surface area (Å²) >= 11 is 1.47. The summed E-state index contributed by atoms with van der Waals surface area (Å²) in [5.41, 5.74) is 10.5. The van der Waals surface area contributed by atoms with Crippen molar-refractivity contribution in [2.75, 3.05) is 11.5 Å². The van der Waals surface area contributed by atoms with Gasteiger partial charge in [-0.25, -0.2) is 0 Å². The lowest BCUT2D eigenvalue weighted by atomic mass is 9.84. The fourth-order valence-corrected chi connectivity index (χ4v) is 5.53. The zero-order valence-electron chi connectivity index (χ0n) is 19.6. The Kier molecular flexibility index (Phi) is 7.53. The van der Waals surface area contributed by atoms with E-state index in [2.05, 4.69) is 12.1 Å². The van der Waals surface area contributed by atoms with Gasteiger partial charge in [0.2, 0.25) is 0 Å². The number of benzene rings is 3. The molecule has 2 heterocycles. The molecular weight excluding hydrogens is 472 g/mol. The SMILES string of the molecule is Nc1cccc(C2OC(CSc3cccc[n+]3[O-])C(c3ccccc3)C(c3ccc(CO)cc3)O2)c1. The minimum absolute atomic E-state index is 0.0194. The Hall–Kier alpha value is -3.36. The van der Waals surface area contributed by atoms with E-state index < -0.39 is 6.29 Å². The normalized spacial score (nSPS) is 21.8. The molecule has 184 valence electrons. The van der Waals surface area contributed by atoms with Gasteiger partial charge in [0.25, 0.3) is 5.03 Å². The van der Waals surface area contributed by atoms with Crippen molar-refractivity contribution in [3.8, 4) is 0 Å². The number of hydrogen-bond acceptors (Lipinski definition) is 6. The maximum Gasteiger partial charge on any atom is 0.251 e. The van der Waals surface area contributed by atoms with Crippen molar-refractivity contribution in [2.45, 2.75) is 36.0 Å². The van der Waals surface area contributed by atoms with E-state index in [9.17, 15) is 10.3 Å². The molecule has 1 saturated heterocycles. The quantitative estimate of drug-likeness (QED) is 0.158. The summed E-state index contributed by atoms with van der Waals surface area (Å²) in [7, 11) is 0. The van der Waals surface area contributed by atoms with E-state index in [-0.39, 0.29) is 24.7 Å². The highest BCUT2D eigenvalue weighted by atomic mass is 32.2. The molecule has 4 atom stereocenters. The molecular formula is C29H28N2O4S. The van der Waals surface area contributed by atoms with E-state index in [4.69, 9.17) is 15.2 Å². The van der Waals surface area contributed by atoms with Crippen molar-refractivity contribution in [1.29, 1.82) is 0 Å². The van der Waals surface area contributed by atoms with E-state index >= 15 is 0 Å². The number of nitrogens with zero attached hydrogens (tertiary/aromatic N) is 1. The first-order valence-electron chi connectivity index (χ1n) is 11.8. The molecule has 1 aliphatic heterocycles. The Morgan fingerprint density at radius 1 is 0.833 bits per heavy atom. The molecule has 0 radical (unpaired) electrons. The Balaban J connectivity index is 1.55. The van der Waals surface area contributed by atoms with Crippen molar-refractivity contribution >= 4 is 17.4 Å². The van der Waals surface area contributed by atoms with Gasteiger partial charge in [-0.1, -0.05) is 78.5 Å². The molecule has 3 N–H and O–H groups in total. The van der Waals surface area contributed by atoms with Gasteiger partial charge in [0, 0.05) is 35.1 Å². The average Bonchev–Trinajstić information content (AvgIpc) is 2.92. The van der Waals surface area contributed by atoms with Crippen molar-refractivity contribution in [2.24, 2.45) is 0 Å². The standard InChI is InChI=1S/C29H28N2O4S/c30-24-10-6-9-23(17-24)29-34-25(19-36-26-11-4-5-16-31(26)33)27(21-7-2-1-3-8-21)28(35-29)22-14-12-20(18-32)13-15-22/h1-17,25,27-29,32H,18-19,30H2. The number of aliphatic hydroxyl groups is 1. The molecule has 1 aliphatic rings. The first-order chi connectivity index (χ1) is 17.6. The molecule has 0 bridgehead atoms. The Bertz CT molecular complexity index is 1290. The molecule has 4 unspecified atom stereocenters. The maximum absolute atomic E-state index is 12.3. The first kappa shape index (κ1) is 24.3. The first-order valence-corrected chi connectivity index (χ1v) is 12.8. The summed E-state index contributed by atoms with van der Waals surface area (Å²) in [4.78, 5) is 0. The zero-order chi connectivity index (χ0) is 24.9. The van der Waals surface area contributed by atoms with Crippen LogP contribution in [0, 0.1) is 5.21 Å². The van der Waals surface area contributed by atoms with Crippen LogP contribution in [-0.2, 0) is 16.1 Å². The molecule has 0 amide bonds. The van der Waals surface area contributed by atoms with E-state index in [1.165, 1.54) is 18.0 Å². The number of hydrogen-bond donors (Lipinski definition) is 2. The third-order valence-electron chi connectivity index (χ3n) is 6.34. The number of rotatable bonds is 7. The van der Waals surface area contributed by atoms with Gasteiger partial charge in [-0.3, -0.25) is 0 Å². The number of nitrogen functional groups attached to an aromatic ring is 1. The lowest BCUT2D eigenvalue weighted by Crippen LogP contribution is -2.39. The minimum atomic E-state index is -0.628. The van der Waals surface area contributed by atoms with Gasteiger partial charge >= 0.3 is 0 Å². The Morgan fingerprint density at radius 2 is 1.58 bits per heavy atom. The monoisotopic (exact) mass is 500 g/mol. The Morgan fingerprint density at radius 3 is 2.31 bits per heavy atom. The van der Waals surface area contributed by atoms with Crippen LogP contribution in [0.25, 0.3) is 0 Å². The average molecular weight is 501 g/mol. The number of nitrogens with two attached hydrogens (primary N) is 1. The van der Waals surface area contributed by atoms with Crippen LogP contribution in [0.5, 0.6) is 0 Å². The number of thioether (sulfide) groups is 1. The van der Waals surface area contributed by atoms with Crippen molar-refractivity contribution in [3.05, 3.63) is 131 Å². The lowest BCUT2D eigenvalue weighted by molar-refractivity contribution is -0.645. The molecule has 4 aromatic rings. The van der Waals surface area contributed by atoms with E-state index in [0.717, 1.165) is 27.0 Å². The van der Waals surface area contributed by atoms with Crippen LogP contribution in [0.4, 0.5) is 5.69 Å². The zero-order valence-corrected chi connectivity index (χ0v) is 20.5. The van der Waals surface area contributed by atoms with Gasteiger partial charge in [0.05, 0.1) is 18.8 Å². The van der Waals surface area contributed by atoms with Gasteiger partial charge in [0.1, 0.15) is 0 Å². The highest BCUT2D eigenvalue weighted by molar-refractivity contribution is 7.99. The third kappa shape index (κ3) is 5.39. The molecule has 1 fully saturated rings. The summed E-state index contributed by atoms with van der Waals surface area (Å²) in [5, 5.41) is 22.5. The van der Waals surface area contributed by atoms with Crippen LogP contribution in [0.1, 0.15) is 40.6 Å². The fourth-order valence-electron chi connectivity index (χ4n) is 4.55. The highest BCUT2D eigenvalue weighted by Gasteiger charge is 2.42. The van der Waals surface area contributed by atoms with Crippen LogP contribution in [-0.4, -0.2) is 17.0 Å². The summed E-state index contributed by atoms with van der Waals surface area (Å²) in [5.74, 6) is 0.430. The predicted octanol–water partition coefficient (Wildman–Crippen LogP) is 5.13. The van der Waals surface area contributed by atoms with Crippen LogP contribution < -0.4 is 10.5 Å². The van der Waals surface area contributed by atoms with Crippen LogP contribution in [0.3, 0.4) is 0 Å². The van der Waals surface area contributed by atoms with Crippen molar-refractivity contribution < 1.29 is 19.3 Å². The van der Waals surface area contributed by atoms with Crippen molar-refractivity contribution in [3.63, 3.8) is 0 Å².